The van der Waals surface area contributed by atoms with Crippen molar-refractivity contribution in [2.24, 2.45) is 0 Å². The van der Waals surface area contributed by atoms with Crippen LogP contribution in [0, 0.1) is 0 Å². The number of nitrogens with one attached hydrogen (secondary N) is 2. The maximum atomic E-state index is 12.0. The smallest absolute Gasteiger partial charge is 0.254 e. The Morgan fingerprint density at radius 3 is 2.84 bits per heavy atom. The maximum Gasteiger partial charge on any atom is 0.254 e. The third-order valence-electron chi connectivity index (χ3n) is 3.03. The molecular formula is C13H16N2O4. The van der Waals surface area contributed by atoms with E-state index in [-0.39, 0.29) is 5.91 Å². The van der Waals surface area contributed by atoms with Gasteiger partial charge in [0.2, 0.25) is 0 Å². The van der Waals surface area contributed by atoms with Gasteiger partial charge in [0.05, 0.1) is 6.61 Å². The number of benzene rings is 1. The molecule has 2 aliphatic heterocycles. The van der Waals surface area contributed by atoms with E-state index in [4.69, 9.17) is 14.2 Å². The predicted molar refractivity (Wildman–Crippen MR) is 68.7 cm³/mol. The molecule has 0 bridgehead atoms. The molecule has 1 saturated heterocycles. The Balaban J connectivity index is 1.67. The van der Waals surface area contributed by atoms with Crippen molar-refractivity contribution in [1.29, 1.82) is 0 Å². The van der Waals surface area contributed by atoms with Crippen molar-refractivity contribution in [1.82, 2.24) is 5.32 Å². The average Bonchev–Trinajstić information content (AvgIpc) is 2.48. The summed E-state index contributed by atoms with van der Waals surface area (Å²) in [5.41, 5.74) is 0.684. The molecule has 6 heteroatoms. The minimum Gasteiger partial charge on any atom is -0.486 e. The van der Waals surface area contributed by atoms with Gasteiger partial charge < -0.3 is 24.8 Å². The summed E-state index contributed by atoms with van der Waals surface area (Å²) in [7, 11) is 0. The number of hydrogen-bond acceptors (Lipinski definition) is 5. The average molecular weight is 264 g/mol. The van der Waals surface area contributed by atoms with Crippen LogP contribution in [0.3, 0.4) is 0 Å². The second-order valence-electron chi connectivity index (χ2n) is 4.41. The summed E-state index contributed by atoms with van der Waals surface area (Å²) in [4.78, 5) is 12.0. The van der Waals surface area contributed by atoms with Crippen LogP contribution < -0.4 is 20.1 Å². The molecular weight excluding hydrogens is 248 g/mol. The van der Waals surface area contributed by atoms with Gasteiger partial charge in [-0.2, -0.15) is 0 Å². The Labute approximate surface area is 111 Å². The minimum atomic E-state index is -0.443. The Morgan fingerprint density at radius 2 is 2.05 bits per heavy atom. The molecule has 2 aliphatic rings. The summed E-state index contributed by atoms with van der Waals surface area (Å²) in [5.74, 6) is 1.22. The second kappa shape index (κ2) is 5.46. The highest BCUT2D eigenvalue weighted by Gasteiger charge is 2.22. The summed E-state index contributed by atoms with van der Waals surface area (Å²) in [6.07, 6.45) is -0.443. The number of morpholine rings is 1. The molecule has 0 aliphatic carbocycles. The monoisotopic (exact) mass is 264 g/mol. The highest BCUT2D eigenvalue weighted by atomic mass is 16.6. The Morgan fingerprint density at radius 1 is 1.21 bits per heavy atom. The van der Waals surface area contributed by atoms with E-state index in [0.29, 0.717) is 43.6 Å². The topological polar surface area (TPSA) is 68.8 Å². The Kier molecular flexibility index (Phi) is 3.52. The molecule has 1 aromatic rings. The fraction of sp³-hybridized carbons (Fsp3) is 0.462. The lowest BCUT2D eigenvalue weighted by molar-refractivity contribution is -0.128. The quantitative estimate of drug-likeness (QED) is 0.808. The van der Waals surface area contributed by atoms with Crippen LogP contribution >= 0.6 is 0 Å². The van der Waals surface area contributed by atoms with Crippen molar-refractivity contribution in [3.8, 4) is 11.5 Å². The first-order valence-corrected chi connectivity index (χ1v) is 6.36. The molecule has 0 aromatic heterocycles. The second-order valence-corrected chi connectivity index (χ2v) is 4.41. The van der Waals surface area contributed by atoms with Crippen molar-refractivity contribution in [3.63, 3.8) is 0 Å². The summed E-state index contributed by atoms with van der Waals surface area (Å²) < 4.78 is 16.3. The maximum absolute atomic E-state index is 12.0. The van der Waals surface area contributed by atoms with Crippen molar-refractivity contribution in [3.05, 3.63) is 18.2 Å². The van der Waals surface area contributed by atoms with Crippen LogP contribution in [-0.4, -0.2) is 44.9 Å². The lowest BCUT2D eigenvalue weighted by Crippen LogP contribution is -2.45. The van der Waals surface area contributed by atoms with Crippen LogP contribution in [0.1, 0.15) is 0 Å². The zero-order valence-electron chi connectivity index (χ0n) is 10.5. The normalized spacial score (nSPS) is 21.8. The van der Waals surface area contributed by atoms with Gasteiger partial charge in [-0.15, -0.1) is 0 Å². The molecule has 6 nitrogen and oxygen atoms in total. The van der Waals surface area contributed by atoms with Crippen molar-refractivity contribution >= 4 is 11.6 Å². The van der Waals surface area contributed by atoms with Gasteiger partial charge in [-0.25, -0.2) is 0 Å². The molecule has 102 valence electrons. The summed E-state index contributed by atoms with van der Waals surface area (Å²) in [6, 6.07) is 5.36. The summed E-state index contributed by atoms with van der Waals surface area (Å²) >= 11 is 0. The zero-order valence-corrected chi connectivity index (χ0v) is 10.5. The van der Waals surface area contributed by atoms with Gasteiger partial charge >= 0.3 is 0 Å². The lowest BCUT2D eigenvalue weighted by atomic mass is 10.2. The molecule has 2 N–H and O–H groups in total. The number of hydrogen-bond donors (Lipinski definition) is 2. The third kappa shape index (κ3) is 2.80. The lowest BCUT2D eigenvalue weighted by Gasteiger charge is -2.23. The Hall–Kier alpha value is -1.79. The molecule has 1 atom stereocenters. The van der Waals surface area contributed by atoms with Crippen molar-refractivity contribution in [2.75, 3.05) is 38.2 Å². The number of anilines is 1. The van der Waals surface area contributed by atoms with E-state index >= 15 is 0 Å². The molecule has 0 radical (unpaired) electrons. The van der Waals surface area contributed by atoms with E-state index in [1.807, 2.05) is 0 Å². The van der Waals surface area contributed by atoms with Gasteiger partial charge in [-0.3, -0.25) is 4.79 Å². The molecule has 1 amide bonds. The molecule has 1 fully saturated rings. The van der Waals surface area contributed by atoms with Gasteiger partial charge in [-0.1, -0.05) is 0 Å². The largest absolute Gasteiger partial charge is 0.486 e. The van der Waals surface area contributed by atoms with Crippen molar-refractivity contribution in [2.45, 2.75) is 6.10 Å². The zero-order chi connectivity index (χ0) is 13.1. The van der Waals surface area contributed by atoms with Crippen LogP contribution in [0.2, 0.25) is 0 Å². The van der Waals surface area contributed by atoms with E-state index < -0.39 is 6.10 Å². The standard InChI is InChI=1S/C13H16N2O4/c16-13(12-8-14-3-4-17-12)15-9-1-2-10-11(7-9)19-6-5-18-10/h1-2,7,12,14H,3-6,8H2,(H,15,16). The number of rotatable bonds is 2. The van der Waals surface area contributed by atoms with E-state index in [1.54, 1.807) is 18.2 Å². The molecule has 1 aromatic carbocycles. The molecule has 0 saturated carbocycles. The number of fused-ring (bicyclic) bond motifs is 1. The first-order chi connectivity index (χ1) is 9.33. The van der Waals surface area contributed by atoms with Gasteiger partial charge in [0.1, 0.15) is 19.3 Å². The van der Waals surface area contributed by atoms with Crippen molar-refractivity contribution < 1.29 is 19.0 Å². The van der Waals surface area contributed by atoms with E-state index in [2.05, 4.69) is 10.6 Å². The van der Waals surface area contributed by atoms with Crippen LogP contribution in [-0.2, 0) is 9.53 Å². The minimum absolute atomic E-state index is 0.149. The van der Waals surface area contributed by atoms with Gasteiger partial charge in [0.25, 0.3) is 5.91 Å². The number of carbonyl (C=O) groups excluding carboxylic acids is 1. The highest BCUT2D eigenvalue weighted by Crippen LogP contribution is 2.32. The van der Waals surface area contributed by atoms with Crippen LogP contribution in [0.5, 0.6) is 11.5 Å². The van der Waals surface area contributed by atoms with E-state index in [9.17, 15) is 4.79 Å². The molecule has 19 heavy (non-hydrogen) atoms. The summed E-state index contributed by atoms with van der Waals surface area (Å²) in [5, 5.41) is 5.94. The van der Waals surface area contributed by atoms with Gasteiger partial charge in [0.15, 0.2) is 11.5 Å². The van der Waals surface area contributed by atoms with Crippen LogP contribution in [0.4, 0.5) is 5.69 Å². The fourth-order valence-electron chi connectivity index (χ4n) is 2.08. The van der Waals surface area contributed by atoms with Crippen LogP contribution in [0.15, 0.2) is 18.2 Å². The van der Waals surface area contributed by atoms with Gasteiger partial charge in [0, 0.05) is 24.8 Å². The van der Waals surface area contributed by atoms with Crippen LogP contribution in [0.25, 0.3) is 0 Å². The molecule has 0 spiro atoms. The number of carbonyl (C=O) groups is 1. The van der Waals surface area contributed by atoms with Gasteiger partial charge in [-0.05, 0) is 12.1 Å². The molecule has 2 heterocycles. The first-order valence-electron chi connectivity index (χ1n) is 6.36. The molecule has 3 rings (SSSR count). The number of amides is 1. The highest BCUT2D eigenvalue weighted by molar-refractivity contribution is 5.94. The third-order valence-corrected chi connectivity index (χ3v) is 3.03. The SMILES string of the molecule is O=C(Nc1ccc2c(c1)OCCO2)C1CNCCO1. The first kappa shape index (κ1) is 12.3. The number of ether oxygens (including phenoxy) is 3. The predicted octanol–water partition coefficient (Wildman–Crippen LogP) is 0.385. The van der Waals surface area contributed by atoms with E-state index in [0.717, 1.165) is 6.54 Å². The Bertz CT molecular complexity index is 472. The summed E-state index contributed by atoms with van der Waals surface area (Å²) in [6.45, 7) is 2.96. The fourth-order valence-corrected chi connectivity index (χ4v) is 2.08. The molecule has 1 unspecified atom stereocenters. The van der Waals surface area contributed by atoms with E-state index in [1.165, 1.54) is 0 Å².